The molecule has 1 rings (SSSR count). The van der Waals surface area contributed by atoms with Gasteiger partial charge < -0.3 is 20.4 Å². The second-order valence-electron chi connectivity index (χ2n) is 2.74. The number of aliphatic hydroxyl groups excluding tert-OH is 2. The molecule has 0 spiro atoms. The third kappa shape index (κ3) is 12.4. The monoisotopic (exact) mass is 232 g/mol. The average molecular weight is 232 g/mol. The normalized spacial score (nSPS) is 12.4. The number of aliphatic hydroxyl groups is 2. The number of carbonyl (C=O) groups is 2. The van der Waals surface area contributed by atoms with Crippen LogP contribution in [0, 0.1) is 17.8 Å². The second-order valence-corrected chi connectivity index (χ2v) is 2.74. The Kier molecular flexibility index (Phi) is 14.1. The van der Waals surface area contributed by atoms with Crippen molar-refractivity contribution in [2.45, 2.75) is 19.3 Å². The maximum absolute atomic E-state index is 9.98. The van der Waals surface area contributed by atoms with E-state index in [2.05, 4.69) is 11.8 Å². The van der Waals surface area contributed by atoms with E-state index >= 15 is 0 Å². The first-order valence-corrected chi connectivity index (χ1v) is 4.62. The van der Waals surface area contributed by atoms with Crippen LogP contribution < -0.4 is 0 Å². The first-order valence-electron chi connectivity index (χ1n) is 4.62. The molecule has 6 nitrogen and oxygen atoms in total. The van der Waals surface area contributed by atoms with Gasteiger partial charge in [-0.05, 0) is 12.8 Å². The highest BCUT2D eigenvalue weighted by Crippen LogP contribution is 2.25. The van der Waals surface area contributed by atoms with Crippen LogP contribution in [-0.2, 0) is 9.59 Å². The zero-order valence-corrected chi connectivity index (χ0v) is 8.80. The van der Waals surface area contributed by atoms with Crippen LogP contribution in [0.2, 0.25) is 0 Å². The van der Waals surface area contributed by atoms with E-state index in [1.54, 1.807) is 0 Å². The van der Waals surface area contributed by atoms with Crippen molar-refractivity contribution >= 4 is 12.4 Å². The summed E-state index contributed by atoms with van der Waals surface area (Å²) in [6.07, 6.45) is 2.90. The Balaban J connectivity index is 0. The summed E-state index contributed by atoms with van der Waals surface area (Å²) < 4.78 is 0. The first-order chi connectivity index (χ1) is 7.63. The average Bonchev–Trinajstić information content (AvgIpc) is 2.13. The zero-order valence-electron chi connectivity index (χ0n) is 8.80. The Labute approximate surface area is 93.5 Å². The van der Waals surface area contributed by atoms with Gasteiger partial charge in [0, 0.05) is 0 Å². The van der Waals surface area contributed by atoms with E-state index in [-0.39, 0.29) is 25.6 Å². The lowest BCUT2D eigenvalue weighted by molar-refractivity contribution is -0.144. The lowest BCUT2D eigenvalue weighted by Crippen LogP contribution is -2.20. The van der Waals surface area contributed by atoms with Crippen molar-refractivity contribution in [2.75, 3.05) is 13.2 Å². The van der Waals surface area contributed by atoms with Gasteiger partial charge in [0.1, 0.15) is 13.2 Å². The minimum absolute atomic E-state index is 0.000000000000000444. The molecular formula is C10H16O6. The molecular weight excluding hydrogens is 216 g/mol. The summed E-state index contributed by atoms with van der Waals surface area (Å²) in [5.74, 6) is 3.89. The van der Waals surface area contributed by atoms with Gasteiger partial charge in [-0.25, -0.2) is 0 Å². The summed E-state index contributed by atoms with van der Waals surface area (Å²) in [5, 5.41) is 30.9. The van der Waals surface area contributed by atoms with Crippen molar-refractivity contribution in [3.63, 3.8) is 0 Å². The van der Waals surface area contributed by atoms with Crippen LogP contribution in [0.5, 0.6) is 0 Å². The predicted molar refractivity (Wildman–Crippen MR) is 55.6 cm³/mol. The van der Waals surface area contributed by atoms with Gasteiger partial charge in [-0.15, -0.1) is 0 Å². The maximum Gasteiger partial charge on any atom is 0.306 e. The minimum Gasteiger partial charge on any atom is -0.483 e. The molecule has 0 aromatic rings. The molecule has 0 unspecified atom stereocenters. The summed E-state index contributed by atoms with van der Waals surface area (Å²) in [5.41, 5.74) is 0. The largest absolute Gasteiger partial charge is 0.483 e. The molecule has 1 aliphatic carbocycles. The van der Waals surface area contributed by atoms with Gasteiger partial charge in [-0.2, -0.15) is 0 Å². The van der Waals surface area contributed by atoms with Crippen molar-refractivity contribution in [3.05, 3.63) is 0 Å². The third-order valence-corrected chi connectivity index (χ3v) is 1.74. The van der Waals surface area contributed by atoms with Gasteiger partial charge >= 0.3 is 5.97 Å². The molecule has 0 heterocycles. The van der Waals surface area contributed by atoms with Crippen molar-refractivity contribution in [2.24, 2.45) is 5.92 Å². The molecule has 0 saturated heterocycles. The second kappa shape index (κ2) is 13.4. The first kappa shape index (κ1) is 16.8. The van der Waals surface area contributed by atoms with E-state index in [1.165, 1.54) is 0 Å². The topological polar surface area (TPSA) is 115 Å². The highest BCUT2D eigenvalue weighted by molar-refractivity contribution is 5.70. The molecule has 0 aromatic carbocycles. The van der Waals surface area contributed by atoms with E-state index < -0.39 is 5.97 Å². The van der Waals surface area contributed by atoms with E-state index in [0.29, 0.717) is 0 Å². The summed E-state index contributed by atoms with van der Waals surface area (Å²) >= 11 is 0. The molecule has 0 atom stereocenters. The summed E-state index contributed by atoms with van der Waals surface area (Å²) in [4.78, 5) is 18.3. The lowest BCUT2D eigenvalue weighted by atomic mass is 9.86. The summed E-state index contributed by atoms with van der Waals surface area (Å²) in [7, 11) is 0. The quantitative estimate of drug-likeness (QED) is 0.359. The van der Waals surface area contributed by atoms with E-state index in [9.17, 15) is 4.79 Å². The van der Waals surface area contributed by atoms with Crippen molar-refractivity contribution < 1.29 is 30.0 Å². The molecule has 92 valence electrons. The molecule has 1 saturated carbocycles. The van der Waals surface area contributed by atoms with E-state index in [4.69, 9.17) is 25.2 Å². The van der Waals surface area contributed by atoms with Crippen molar-refractivity contribution in [1.82, 2.24) is 0 Å². The molecule has 4 N–H and O–H groups in total. The van der Waals surface area contributed by atoms with E-state index in [1.807, 2.05) is 0 Å². The maximum atomic E-state index is 9.98. The number of hydrogen-bond donors (Lipinski definition) is 4. The molecule has 0 bridgehead atoms. The highest BCUT2D eigenvalue weighted by atomic mass is 16.4. The third-order valence-electron chi connectivity index (χ3n) is 1.74. The minimum atomic E-state index is -0.619. The Morgan fingerprint density at radius 3 is 1.69 bits per heavy atom. The lowest BCUT2D eigenvalue weighted by Gasteiger charge is -2.19. The number of aliphatic carboxylic acids is 1. The van der Waals surface area contributed by atoms with Crippen LogP contribution >= 0.6 is 0 Å². The number of carboxylic acids is 1. The molecule has 1 fully saturated rings. The summed E-state index contributed by atoms with van der Waals surface area (Å²) in [6.45, 7) is -0.582. The van der Waals surface area contributed by atoms with Crippen LogP contribution in [0.15, 0.2) is 0 Å². The molecule has 0 radical (unpaired) electrons. The van der Waals surface area contributed by atoms with Gasteiger partial charge in [-0.3, -0.25) is 9.59 Å². The van der Waals surface area contributed by atoms with Crippen LogP contribution in [0.4, 0.5) is 0 Å². The Hall–Kier alpha value is -1.58. The highest BCUT2D eigenvalue weighted by Gasteiger charge is 2.23. The fourth-order valence-corrected chi connectivity index (χ4v) is 0.767. The van der Waals surface area contributed by atoms with Gasteiger partial charge in [0.15, 0.2) is 0 Å². The van der Waals surface area contributed by atoms with Crippen LogP contribution in [0.1, 0.15) is 19.3 Å². The van der Waals surface area contributed by atoms with Gasteiger partial charge in [-0.1, -0.05) is 18.3 Å². The van der Waals surface area contributed by atoms with Crippen molar-refractivity contribution in [3.8, 4) is 11.8 Å². The fraction of sp³-hybridized carbons (Fsp3) is 0.600. The van der Waals surface area contributed by atoms with Crippen LogP contribution in [-0.4, -0.2) is 46.1 Å². The SMILES string of the molecule is O=C(O)C1CCC1.O=CO.OCC#CCO. The van der Waals surface area contributed by atoms with Gasteiger partial charge in [0.2, 0.25) is 0 Å². The number of hydrogen-bond acceptors (Lipinski definition) is 4. The molecule has 0 amide bonds. The van der Waals surface area contributed by atoms with Crippen LogP contribution in [0.3, 0.4) is 0 Å². The molecule has 1 aliphatic rings. The van der Waals surface area contributed by atoms with E-state index in [0.717, 1.165) is 19.3 Å². The van der Waals surface area contributed by atoms with Gasteiger partial charge in [0.05, 0.1) is 5.92 Å². The summed E-state index contributed by atoms with van der Waals surface area (Å²) in [6, 6.07) is 0. The number of carboxylic acid groups (broad SMARTS) is 2. The molecule has 16 heavy (non-hydrogen) atoms. The fourth-order valence-electron chi connectivity index (χ4n) is 0.767. The van der Waals surface area contributed by atoms with Crippen LogP contribution in [0.25, 0.3) is 0 Å². The molecule has 0 aromatic heterocycles. The standard InChI is InChI=1S/C5H8O2.C4H6O2.CH2O2/c6-5(7)4-2-1-3-4;5-3-1-2-4-6;2-1-3/h4H,1-3H2,(H,6,7);5-6H,3-4H2;1H,(H,2,3). The molecule has 0 aliphatic heterocycles. The Morgan fingerprint density at radius 1 is 1.25 bits per heavy atom. The zero-order chi connectivity index (χ0) is 12.8. The molecule has 6 heteroatoms. The number of rotatable bonds is 1. The smallest absolute Gasteiger partial charge is 0.306 e. The Morgan fingerprint density at radius 2 is 1.62 bits per heavy atom. The Bertz CT molecular complexity index is 227. The predicted octanol–water partition coefficient (Wildman–Crippen LogP) is -0.454. The van der Waals surface area contributed by atoms with Crippen molar-refractivity contribution in [1.29, 1.82) is 0 Å². The van der Waals surface area contributed by atoms with Gasteiger partial charge in [0.25, 0.3) is 6.47 Å².